The van der Waals surface area contributed by atoms with Crippen LogP contribution in [0.2, 0.25) is 0 Å². The van der Waals surface area contributed by atoms with Gasteiger partial charge in [-0.25, -0.2) is 14.6 Å². The van der Waals surface area contributed by atoms with Crippen LogP contribution >= 0.6 is 0 Å². The fourth-order valence-electron chi connectivity index (χ4n) is 1.85. The van der Waals surface area contributed by atoms with E-state index in [4.69, 9.17) is 5.11 Å². The van der Waals surface area contributed by atoms with Crippen LogP contribution in [0, 0.1) is 0 Å². The Morgan fingerprint density at radius 3 is 2.71 bits per heavy atom. The molecule has 1 aromatic carbocycles. The number of nitrogens with zero attached hydrogens (tertiary/aromatic N) is 2. The Hall–Kier alpha value is -2.90. The van der Waals surface area contributed by atoms with E-state index in [0.717, 1.165) is 10.6 Å². The molecule has 0 spiro atoms. The first-order valence-electron chi connectivity index (χ1n) is 6.23. The van der Waals surface area contributed by atoms with E-state index >= 15 is 0 Å². The van der Waals surface area contributed by atoms with Gasteiger partial charge in [0.1, 0.15) is 6.54 Å². The van der Waals surface area contributed by atoms with Gasteiger partial charge in [0.15, 0.2) is 0 Å². The lowest BCUT2D eigenvalue weighted by Crippen LogP contribution is -2.37. The van der Waals surface area contributed by atoms with Gasteiger partial charge in [-0.2, -0.15) is 5.10 Å². The molecule has 1 unspecified atom stereocenters. The zero-order chi connectivity index (χ0) is 15.2. The van der Waals surface area contributed by atoms with Crippen LogP contribution in [-0.4, -0.2) is 46.9 Å². The van der Waals surface area contributed by atoms with Crippen molar-refractivity contribution in [1.82, 2.24) is 15.6 Å². The minimum atomic E-state index is -1.19. The Labute approximate surface area is 120 Å². The van der Waals surface area contributed by atoms with E-state index < -0.39 is 24.1 Å². The summed E-state index contributed by atoms with van der Waals surface area (Å²) in [6, 6.07) is 8.04. The highest BCUT2D eigenvalue weighted by Gasteiger charge is 2.26. The average Bonchev–Trinajstić information content (AvgIpc) is 2.75. The third-order valence-corrected chi connectivity index (χ3v) is 2.77. The fraction of sp³-hybridized carbons (Fsp3) is 0.231. The number of amides is 4. The van der Waals surface area contributed by atoms with E-state index in [1.54, 1.807) is 0 Å². The van der Waals surface area contributed by atoms with E-state index in [0.29, 0.717) is 6.42 Å². The molecule has 0 bridgehead atoms. The van der Waals surface area contributed by atoms with E-state index in [2.05, 4.69) is 15.7 Å². The topological polar surface area (TPSA) is 111 Å². The van der Waals surface area contributed by atoms with Gasteiger partial charge in [0, 0.05) is 6.21 Å². The molecule has 0 radical (unpaired) electrons. The summed E-state index contributed by atoms with van der Waals surface area (Å²) < 4.78 is 0. The lowest BCUT2D eigenvalue weighted by Gasteiger charge is -2.13. The van der Waals surface area contributed by atoms with Crippen molar-refractivity contribution < 1.29 is 19.5 Å². The summed E-state index contributed by atoms with van der Waals surface area (Å²) in [6.45, 7) is -0.166. The number of carbonyl (C=O) groups is 3. The largest absolute Gasteiger partial charge is 0.465 e. The molecule has 1 fully saturated rings. The minimum Gasteiger partial charge on any atom is -0.465 e. The van der Waals surface area contributed by atoms with Crippen LogP contribution in [0.1, 0.15) is 5.56 Å². The van der Waals surface area contributed by atoms with Gasteiger partial charge in [0.25, 0.3) is 0 Å². The van der Waals surface area contributed by atoms with Gasteiger partial charge in [0.05, 0.1) is 6.04 Å². The predicted octanol–water partition coefficient (Wildman–Crippen LogP) is 0.403. The Morgan fingerprint density at radius 1 is 1.43 bits per heavy atom. The number of rotatable bonds is 5. The Balaban J connectivity index is 2.04. The molecule has 0 aromatic heterocycles. The number of hydrazone groups is 1. The first kappa shape index (κ1) is 14.5. The van der Waals surface area contributed by atoms with Crippen molar-refractivity contribution in [2.24, 2.45) is 5.10 Å². The first-order valence-corrected chi connectivity index (χ1v) is 6.23. The SMILES string of the molecule is O=C(O)NC(C=NN1CC(=O)NC1=O)Cc1ccccc1. The highest BCUT2D eigenvalue weighted by Crippen LogP contribution is 2.04. The molecule has 4 amide bonds. The van der Waals surface area contributed by atoms with Gasteiger partial charge >= 0.3 is 12.1 Å². The van der Waals surface area contributed by atoms with Crippen LogP contribution in [0.25, 0.3) is 0 Å². The molecule has 3 N–H and O–H groups in total. The average molecular weight is 290 g/mol. The monoisotopic (exact) mass is 290 g/mol. The van der Waals surface area contributed by atoms with Gasteiger partial charge in [0.2, 0.25) is 5.91 Å². The second-order valence-corrected chi connectivity index (χ2v) is 4.42. The highest BCUT2D eigenvalue weighted by atomic mass is 16.4. The number of hydrogen-bond acceptors (Lipinski definition) is 4. The van der Waals surface area contributed by atoms with Crippen LogP contribution in [0.15, 0.2) is 35.4 Å². The summed E-state index contributed by atoms with van der Waals surface area (Å²) in [6.07, 6.45) is 0.503. The smallest absolute Gasteiger partial charge is 0.405 e. The number of nitrogens with one attached hydrogen (secondary N) is 2. The summed E-state index contributed by atoms with van der Waals surface area (Å²) in [5, 5.41) is 18.0. The zero-order valence-electron chi connectivity index (χ0n) is 11.0. The number of hydrogen-bond donors (Lipinski definition) is 3. The molecule has 1 aliphatic heterocycles. The summed E-state index contributed by atoms with van der Waals surface area (Å²) in [5.74, 6) is -0.442. The summed E-state index contributed by atoms with van der Waals surface area (Å²) in [5.41, 5.74) is 0.921. The number of urea groups is 1. The first-order chi connectivity index (χ1) is 10.0. The van der Waals surface area contributed by atoms with Gasteiger partial charge in [-0.05, 0) is 12.0 Å². The number of carbonyl (C=O) groups excluding carboxylic acids is 2. The number of imide groups is 1. The zero-order valence-corrected chi connectivity index (χ0v) is 11.0. The van der Waals surface area contributed by atoms with Crippen LogP contribution in [0.5, 0.6) is 0 Å². The van der Waals surface area contributed by atoms with Crippen LogP contribution in [0.3, 0.4) is 0 Å². The summed E-state index contributed by atoms with van der Waals surface area (Å²) in [7, 11) is 0. The molecular weight excluding hydrogens is 276 g/mol. The van der Waals surface area contributed by atoms with Gasteiger partial charge < -0.3 is 10.4 Å². The second-order valence-electron chi connectivity index (χ2n) is 4.42. The second kappa shape index (κ2) is 6.51. The quantitative estimate of drug-likeness (QED) is 0.538. The van der Waals surface area contributed by atoms with Crippen molar-refractivity contribution in [2.75, 3.05) is 6.54 Å². The van der Waals surface area contributed by atoms with Gasteiger partial charge in [-0.1, -0.05) is 30.3 Å². The van der Waals surface area contributed by atoms with Crippen molar-refractivity contribution in [3.05, 3.63) is 35.9 Å². The van der Waals surface area contributed by atoms with Crippen molar-refractivity contribution >= 4 is 24.2 Å². The molecule has 110 valence electrons. The minimum absolute atomic E-state index is 0.166. The third-order valence-electron chi connectivity index (χ3n) is 2.77. The maximum atomic E-state index is 11.3. The predicted molar refractivity (Wildman–Crippen MR) is 73.8 cm³/mol. The lowest BCUT2D eigenvalue weighted by atomic mass is 10.1. The van der Waals surface area contributed by atoms with E-state index in [-0.39, 0.29) is 6.54 Å². The molecule has 2 rings (SSSR count). The van der Waals surface area contributed by atoms with Crippen molar-refractivity contribution in [3.8, 4) is 0 Å². The molecule has 0 aliphatic carbocycles. The molecule has 8 nitrogen and oxygen atoms in total. The summed E-state index contributed by atoms with van der Waals surface area (Å²) in [4.78, 5) is 33.1. The Morgan fingerprint density at radius 2 is 2.14 bits per heavy atom. The maximum Gasteiger partial charge on any atom is 0.405 e. The number of carboxylic acid groups (broad SMARTS) is 1. The summed E-state index contributed by atoms with van der Waals surface area (Å²) >= 11 is 0. The van der Waals surface area contributed by atoms with Crippen LogP contribution in [-0.2, 0) is 11.2 Å². The van der Waals surface area contributed by atoms with E-state index in [9.17, 15) is 14.4 Å². The van der Waals surface area contributed by atoms with Crippen molar-refractivity contribution in [3.63, 3.8) is 0 Å². The van der Waals surface area contributed by atoms with E-state index in [1.807, 2.05) is 30.3 Å². The normalized spacial score (nSPS) is 16.1. The Bertz CT molecular complexity index is 573. The van der Waals surface area contributed by atoms with Gasteiger partial charge in [-0.3, -0.25) is 10.1 Å². The van der Waals surface area contributed by atoms with Crippen molar-refractivity contribution in [2.45, 2.75) is 12.5 Å². The molecule has 8 heteroatoms. The molecule has 21 heavy (non-hydrogen) atoms. The third kappa shape index (κ3) is 4.30. The van der Waals surface area contributed by atoms with Crippen LogP contribution in [0.4, 0.5) is 9.59 Å². The molecule has 1 aromatic rings. The lowest BCUT2D eigenvalue weighted by molar-refractivity contribution is -0.118. The highest BCUT2D eigenvalue weighted by molar-refractivity contribution is 6.02. The molecule has 0 saturated carbocycles. The fourth-order valence-corrected chi connectivity index (χ4v) is 1.85. The molecule has 1 heterocycles. The van der Waals surface area contributed by atoms with E-state index in [1.165, 1.54) is 6.21 Å². The molecule has 1 saturated heterocycles. The van der Waals surface area contributed by atoms with Gasteiger partial charge in [-0.15, -0.1) is 0 Å². The maximum absolute atomic E-state index is 11.3. The molecule has 1 atom stereocenters. The Kier molecular flexibility index (Phi) is 4.50. The van der Waals surface area contributed by atoms with Crippen molar-refractivity contribution in [1.29, 1.82) is 0 Å². The molecular formula is C13H14N4O4. The number of benzene rings is 1. The van der Waals surface area contributed by atoms with Crippen LogP contribution < -0.4 is 10.6 Å². The standard InChI is InChI=1S/C13H14N4O4/c18-11-8-17(12(19)16-11)14-7-10(15-13(20)21)6-9-4-2-1-3-5-9/h1-5,7,10,15H,6,8H2,(H,20,21)(H,16,18,19). The molecule has 1 aliphatic rings.